The number of fused-ring (bicyclic) bond motifs is 1. The molecule has 142 valence electrons. The fraction of sp³-hybridized carbons (Fsp3) is 0.333. The van der Waals surface area contributed by atoms with E-state index in [4.69, 9.17) is 11.6 Å². The molecule has 27 heavy (non-hydrogen) atoms. The van der Waals surface area contributed by atoms with Gasteiger partial charge in [-0.25, -0.2) is 14.4 Å². The van der Waals surface area contributed by atoms with Gasteiger partial charge in [-0.2, -0.15) is 0 Å². The van der Waals surface area contributed by atoms with Crippen molar-refractivity contribution in [2.75, 3.05) is 17.6 Å². The van der Waals surface area contributed by atoms with Crippen LogP contribution in [-0.4, -0.2) is 49.1 Å². The molecule has 3 N–H and O–H groups in total. The third-order valence-corrected chi connectivity index (χ3v) is 6.31. The predicted molar refractivity (Wildman–Crippen MR) is 104 cm³/mol. The molecule has 1 aliphatic rings. The van der Waals surface area contributed by atoms with Crippen molar-refractivity contribution in [2.24, 2.45) is 0 Å². The number of rotatable bonds is 5. The molecule has 2 aromatic heterocycles. The molecule has 4 rings (SSSR count). The molecule has 1 saturated heterocycles. The van der Waals surface area contributed by atoms with Crippen molar-refractivity contribution in [3.05, 3.63) is 58.9 Å². The van der Waals surface area contributed by atoms with Crippen LogP contribution in [0.2, 0.25) is 5.02 Å². The van der Waals surface area contributed by atoms with Crippen molar-refractivity contribution >= 4 is 34.8 Å². The van der Waals surface area contributed by atoms with Crippen LogP contribution in [0.5, 0.6) is 0 Å². The van der Waals surface area contributed by atoms with Crippen molar-refractivity contribution in [2.45, 2.75) is 23.9 Å². The molecular weight excluding hydrogens is 391 g/mol. The number of anilines is 1. The van der Waals surface area contributed by atoms with Gasteiger partial charge < -0.3 is 15.5 Å². The van der Waals surface area contributed by atoms with Crippen LogP contribution in [0.1, 0.15) is 16.5 Å². The molecule has 1 aliphatic heterocycles. The lowest BCUT2D eigenvalue weighted by molar-refractivity contribution is 0.0411. The fourth-order valence-corrected chi connectivity index (χ4v) is 4.60. The highest BCUT2D eigenvalue weighted by molar-refractivity contribution is 7.99. The first-order valence-corrected chi connectivity index (χ1v) is 9.95. The number of nitrogens with one attached hydrogen (secondary N) is 1. The standard InChI is InChI=1S/C18H18ClFN4O2S/c19-11-2-1-10(7-12(11)20)3-4-21-17-18-23-8-13(24(18)6-5-22-17)16-15(26)14(25)9-27-16/h1-2,5-8,14-16,25-26H,3-4,9H2,(H,21,22)/t14-,15-,16+/m1/s1. The molecule has 3 atom stereocenters. The van der Waals surface area contributed by atoms with Gasteiger partial charge >= 0.3 is 0 Å². The summed E-state index contributed by atoms with van der Waals surface area (Å²) in [5.74, 6) is 0.672. The maximum Gasteiger partial charge on any atom is 0.180 e. The van der Waals surface area contributed by atoms with Gasteiger partial charge in [0.15, 0.2) is 11.5 Å². The van der Waals surface area contributed by atoms with E-state index in [-0.39, 0.29) is 10.3 Å². The van der Waals surface area contributed by atoms with E-state index >= 15 is 0 Å². The van der Waals surface area contributed by atoms with Gasteiger partial charge in [-0.3, -0.25) is 4.40 Å². The van der Waals surface area contributed by atoms with Gasteiger partial charge in [0, 0.05) is 24.7 Å². The normalized spacial score (nSPS) is 22.4. The minimum absolute atomic E-state index is 0.111. The van der Waals surface area contributed by atoms with Gasteiger partial charge in [0.1, 0.15) is 5.82 Å². The van der Waals surface area contributed by atoms with Crippen LogP contribution in [0.4, 0.5) is 10.2 Å². The highest BCUT2D eigenvalue weighted by atomic mass is 35.5. The summed E-state index contributed by atoms with van der Waals surface area (Å²) in [4.78, 5) is 8.76. The number of hydrogen-bond acceptors (Lipinski definition) is 6. The minimum Gasteiger partial charge on any atom is -0.390 e. The molecule has 9 heteroatoms. The number of hydrogen-bond donors (Lipinski definition) is 3. The van der Waals surface area contributed by atoms with Crippen molar-refractivity contribution in [3.63, 3.8) is 0 Å². The van der Waals surface area contributed by atoms with Gasteiger partial charge in [-0.15, -0.1) is 11.8 Å². The van der Waals surface area contributed by atoms with Gasteiger partial charge in [-0.05, 0) is 24.1 Å². The molecule has 0 bridgehead atoms. The van der Waals surface area contributed by atoms with Crippen molar-refractivity contribution in [1.82, 2.24) is 14.4 Å². The number of benzene rings is 1. The molecule has 3 heterocycles. The Bertz CT molecular complexity index is 970. The van der Waals surface area contributed by atoms with Crippen LogP contribution in [-0.2, 0) is 6.42 Å². The number of thioether (sulfide) groups is 1. The van der Waals surface area contributed by atoms with Crippen LogP contribution in [0.25, 0.3) is 5.65 Å². The van der Waals surface area contributed by atoms with Gasteiger partial charge in [0.05, 0.1) is 34.4 Å². The molecule has 0 aliphatic carbocycles. The van der Waals surface area contributed by atoms with E-state index in [0.717, 1.165) is 11.3 Å². The number of imidazole rings is 1. The lowest BCUT2D eigenvalue weighted by Gasteiger charge is -2.15. The van der Waals surface area contributed by atoms with Crippen LogP contribution < -0.4 is 5.32 Å². The first-order valence-electron chi connectivity index (χ1n) is 8.52. The molecule has 0 spiro atoms. The van der Waals surface area contributed by atoms with E-state index in [1.807, 2.05) is 4.40 Å². The predicted octanol–water partition coefficient (Wildman–Crippen LogP) is 2.69. The molecule has 0 unspecified atom stereocenters. The molecule has 1 fully saturated rings. The first kappa shape index (κ1) is 18.5. The number of aliphatic hydroxyl groups excluding tert-OH is 2. The average molecular weight is 409 g/mol. The van der Waals surface area contributed by atoms with Crippen LogP contribution in [0.15, 0.2) is 36.8 Å². The number of aromatic nitrogens is 3. The smallest absolute Gasteiger partial charge is 0.180 e. The average Bonchev–Trinajstić information content (AvgIpc) is 3.22. The number of halogens is 2. The van der Waals surface area contributed by atoms with E-state index in [2.05, 4.69) is 15.3 Å². The second-order valence-electron chi connectivity index (χ2n) is 6.39. The number of nitrogens with zero attached hydrogens (tertiary/aromatic N) is 3. The zero-order chi connectivity index (χ0) is 19.0. The molecule has 0 radical (unpaired) electrons. The molecule has 1 aromatic carbocycles. The Morgan fingerprint density at radius 2 is 2.19 bits per heavy atom. The Kier molecular flexibility index (Phi) is 5.23. The molecule has 0 amide bonds. The van der Waals surface area contributed by atoms with Gasteiger partial charge in [0.25, 0.3) is 0 Å². The maximum absolute atomic E-state index is 13.5. The van der Waals surface area contributed by atoms with Crippen molar-refractivity contribution in [3.8, 4) is 0 Å². The topological polar surface area (TPSA) is 82.7 Å². The van der Waals surface area contributed by atoms with Crippen molar-refractivity contribution in [1.29, 1.82) is 0 Å². The summed E-state index contributed by atoms with van der Waals surface area (Å²) in [5, 5.41) is 23.1. The summed E-state index contributed by atoms with van der Waals surface area (Å²) < 4.78 is 15.4. The molecule has 6 nitrogen and oxygen atoms in total. The summed E-state index contributed by atoms with van der Waals surface area (Å²) in [6.07, 6.45) is 4.20. The van der Waals surface area contributed by atoms with E-state index in [1.54, 1.807) is 30.7 Å². The molecule has 3 aromatic rings. The Balaban J connectivity index is 1.50. The van der Waals surface area contributed by atoms with E-state index in [0.29, 0.717) is 30.2 Å². The summed E-state index contributed by atoms with van der Waals surface area (Å²) in [7, 11) is 0. The summed E-state index contributed by atoms with van der Waals surface area (Å²) in [5.41, 5.74) is 2.30. The van der Waals surface area contributed by atoms with Gasteiger partial charge in [-0.1, -0.05) is 17.7 Å². The molecule has 0 saturated carbocycles. The maximum atomic E-state index is 13.5. The van der Waals surface area contributed by atoms with Crippen LogP contribution in [0.3, 0.4) is 0 Å². The monoisotopic (exact) mass is 408 g/mol. The third-order valence-electron chi connectivity index (χ3n) is 4.59. The summed E-state index contributed by atoms with van der Waals surface area (Å²) >= 11 is 7.21. The Morgan fingerprint density at radius 3 is 2.93 bits per heavy atom. The van der Waals surface area contributed by atoms with Crippen molar-refractivity contribution < 1.29 is 14.6 Å². The number of aliphatic hydroxyl groups is 2. The summed E-state index contributed by atoms with van der Waals surface area (Å²) in [6.45, 7) is 0.551. The van der Waals surface area contributed by atoms with Crippen LogP contribution >= 0.6 is 23.4 Å². The zero-order valence-electron chi connectivity index (χ0n) is 14.2. The Labute approximate surface area is 164 Å². The Morgan fingerprint density at radius 1 is 1.33 bits per heavy atom. The van der Waals surface area contributed by atoms with E-state index < -0.39 is 18.0 Å². The van der Waals surface area contributed by atoms with E-state index in [9.17, 15) is 14.6 Å². The molecular formula is C18H18ClFN4O2S. The minimum atomic E-state index is -0.820. The highest BCUT2D eigenvalue weighted by Gasteiger charge is 2.37. The van der Waals surface area contributed by atoms with Crippen LogP contribution in [0, 0.1) is 5.82 Å². The first-order chi connectivity index (χ1) is 13.0. The Hall–Kier alpha value is -1.87. The summed E-state index contributed by atoms with van der Waals surface area (Å²) in [6, 6.07) is 4.76. The SMILES string of the molecule is O[C@@H]1[C@H](O)CS[C@H]1c1cnc2c(NCCc3ccc(Cl)c(F)c3)nccn12. The van der Waals surface area contributed by atoms with E-state index in [1.165, 1.54) is 17.8 Å². The lowest BCUT2D eigenvalue weighted by atomic mass is 10.1. The lowest BCUT2D eigenvalue weighted by Crippen LogP contribution is -2.25. The third kappa shape index (κ3) is 3.62. The zero-order valence-corrected chi connectivity index (χ0v) is 15.8. The second kappa shape index (κ2) is 7.63. The second-order valence-corrected chi connectivity index (χ2v) is 7.97. The largest absolute Gasteiger partial charge is 0.390 e. The highest BCUT2D eigenvalue weighted by Crippen LogP contribution is 2.40. The fourth-order valence-electron chi connectivity index (χ4n) is 3.16. The quantitative estimate of drug-likeness (QED) is 0.602. The van der Waals surface area contributed by atoms with Gasteiger partial charge in [0.2, 0.25) is 0 Å².